The first-order valence-corrected chi connectivity index (χ1v) is 7.25. The van der Waals surface area contributed by atoms with Crippen molar-refractivity contribution in [3.05, 3.63) is 0 Å². The Hall–Kier alpha value is -1.06. The number of nitrogens with one attached hydrogen (secondary N) is 1. The number of amides is 1. The first kappa shape index (κ1) is 16.0. The Bertz CT molecular complexity index is 327. The molecule has 1 aliphatic carbocycles. The summed E-state index contributed by atoms with van der Waals surface area (Å²) in [6.45, 7) is 8.26. The fraction of sp³-hybridized carbons (Fsp3) is 0.867. The minimum Gasteiger partial charge on any atom is -0.467 e. The second-order valence-corrected chi connectivity index (χ2v) is 6.19. The molecule has 0 bridgehead atoms. The minimum absolute atomic E-state index is 0.00324. The first-order chi connectivity index (χ1) is 8.86. The van der Waals surface area contributed by atoms with E-state index in [9.17, 15) is 9.59 Å². The van der Waals surface area contributed by atoms with Gasteiger partial charge in [0.1, 0.15) is 6.04 Å². The summed E-state index contributed by atoms with van der Waals surface area (Å²) >= 11 is 0. The van der Waals surface area contributed by atoms with E-state index in [2.05, 4.69) is 30.8 Å². The van der Waals surface area contributed by atoms with Gasteiger partial charge in [0, 0.05) is 5.92 Å². The molecule has 0 spiro atoms. The van der Waals surface area contributed by atoms with Gasteiger partial charge in [-0.15, -0.1) is 0 Å². The van der Waals surface area contributed by atoms with Crippen LogP contribution in [0.2, 0.25) is 0 Å². The van der Waals surface area contributed by atoms with Crippen molar-refractivity contribution < 1.29 is 14.3 Å². The van der Waals surface area contributed by atoms with Gasteiger partial charge in [-0.25, -0.2) is 4.79 Å². The third-order valence-electron chi connectivity index (χ3n) is 4.27. The van der Waals surface area contributed by atoms with Gasteiger partial charge in [-0.2, -0.15) is 0 Å². The van der Waals surface area contributed by atoms with Crippen LogP contribution in [0.25, 0.3) is 0 Å². The highest BCUT2D eigenvalue weighted by Crippen LogP contribution is 2.38. The normalized spacial score (nSPS) is 28.8. The standard InChI is InChI=1S/C15H27NO3/c1-9(2)13-8-10(3)6-7-12(13)14(17)16-11(4)15(18)19-5/h9-13H,6-8H2,1-5H3,(H,16,17)/t10?,11-,12?,13?/m1/s1. The van der Waals surface area contributed by atoms with Crippen LogP contribution in [0.15, 0.2) is 0 Å². The van der Waals surface area contributed by atoms with Crippen LogP contribution in [-0.2, 0) is 14.3 Å². The van der Waals surface area contributed by atoms with Crippen molar-refractivity contribution in [3.8, 4) is 0 Å². The van der Waals surface area contributed by atoms with Crippen LogP contribution in [-0.4, -0.2) is 25.0 Å². The molecule has 19 heavy (non-hydrogen) atoms. The van der Waals surface area contributed by atoms with E-state index in [4.69, 9.17) is 0 Å². The Kier molecular flexibility index (Phi) is 5.83. The van der Waals surface area contributed by atoms with E-state index in [1.165, 1.54) is 7.11 Å². The van der Waals surface area contributed by atoms with Crippen LogP contribution in [0.5, 0.6) is 0 Å². The molecule has 1 fully saturated rings. The monoisotopic (exact) mass is 269 g/mol. The smallest absolute Gasteiger partial charge is 0.328 e. The van der Waals surface area contributed by atoms with Crippen LogP contribution in [0, 0.1) is 23.7 Å². The van der Waals surface area contributed by atoms with Crippen molar-refractivity contribution in [1.29, 1.82) is 0 Å². The molecule has 1 aliphatic rings. The fourth-order valence-corrected chi connectivity index (χ4v) is 3.04. The molecule has 3 unspecified atom stereocenters. The highest BCUT2D eigenvalue weighted by atomic mass is 16.5. The predicted octanol–water partition coefficient (Wildman–Crippen LogP) is 2.37. The summed E-state index contributed by atoms with van der Waals surface area (Å²) in [5.74, 6) is 1.24. The van der Waals surface area contributed by atoms with E-state index >= 15 is 0 Å². The number of carbonyl (C=O) groups is 2. The Morgan fingerprint density at radius 3 is 2.37 bits per heavy atom. The van der Waals surface area contributed by atoms with Gasteiger partial charge in [0.15, 0.2) is 0 Å². The number of hydrogen-bond donors (Lipinski definition) is 1. The van der Waals surface area contributed by atoms with Crippen LogP contribution in [0.4, 0.5) is 0 Å². The highest BCUT2D eigenvalue weighted by molar-refractivity contribution is 5.85. The number of rotatable bonds is 4. The molecule has 0 heterocycles. The lowest BCUT2D eigenvalue weighted by Gasteiger charge is -2.36. The molecule has 1 saturated carbocycles. The van der Waals surface area contributed by atoms with Crippen LogP contribution in [0.1, 0.15) is 47.0 Å². The van der Waals surface area contributed by atoms with Crippen molar-refractivity contribution in [2.45, 2.75) is 53.0 Å². The molecule has 0 aromatic rings. The number of esters is 1. The minimum atomic E-state index is -0.565. The average molecular weight is 269 g/mol. The van der Waals surface area contributed by atoms with Crippen LogP contribution in [0.3, 0.4) is 0 Å². The molecule has 0 aromatic heterocycles. The van der Waals surface area contributed by atoms with Crippen molar-refractivity contribution >= 4 is 11.9 Å². The number of methoxy groups -OCH3 is 1. The summed E-state index contributed by atoms with van der Waals surface area (Å²) in [4.78, 5) is 23.7. The van der Waals surface area contributed by atoms with E-state index in [-0.39, 0.29) is 11.8 Å². The van der Waals surface area contributed by atoms with Gasteiger partial charge in [-0.05, 0) is 43.9 Å². The second kappa shape index (κ2) is 6.92. The third kappa shape index (κ3) is 4.22. The maximum Gasteiger partial charge on any atom is 0.328 e. The molecule has 0 aliphatic heterocycles. The quantitative estimate of drug-likeness (QED) is 0.797. The van der Waals surface area contributed by atoms with E-state index in [0.717, 1.165) is 19.3 Å². The van der Waals surface area contributed by atoms with Gasteiger partial charge in [-0.1, -0.05) is 20.8 Å². The van der Waals surface area contributed by atoms with Gasteiger partial charge in [-0.3, -0.25) is 4.79 Å². The summed E-state index contributed by atoms with van der Waals surface area (Å²) < 4.78 is 4.64. The number of carbonyl (C=O) groups excluding carboxylic acids is 2. The maximum atomic E-state index is 12.3. The van der Waals surface area contributed by atoms with E-state index in [1.807, 2.05) is 0 Å². The van der Waals surface area contributed by atoms with Gasteiger partial charge in [0.2, 0.25) is 5.91 Å². The SMILES string of the molecule is COC(=O)[C@@H](C)NC(=O)C1CCC(C)CC1C(C)C. The van der Waals surface area contributed by atoms with E-state index in [0.29, 0.717) is 17.8 Å². The zero-order valence-corrected chi connectivity index (χ0v) is 12.7. The average Bonchev–Trinajstić information content (AvgIpc) is 2.37. The maximum absolute atomic E-state index is 12.3. The number of hydrogen-bond acceptors (Lipinski definition) is 3. The van der Waals surface area contributed by atoms with Gasteiger partial charge in [0.25, 0.3) is 0 Å². The van der Waals surface area contributed by atoms with Crippen molar-refractivity contribution in [1.82, 2.24) is 5.32 Å². The molecular weight excluding hydrogens is 242 g/mol. The van der Waals surface area contributed by atoms with E-state index in [1.54, 1.807) is 6.92 Å². The zero-order chi connectivity index (χ0) is 14.6. The van der Waals surface area contributed by atoms with E-state index < -0.39 is 12.0 Å². The Morgan fingerprint density at radius 1 is 1.21 bits per heavy atom. The Labute approximate surface area is 116 Å². The molecule has 4 atom stereocenters. The second-order valence-electron chi connectivity index (χ2n) is 6.19. The molecule has 0 saturated heterocycles. The molecular formula is C15H27NO3. The highest BCUT2D eigenvalue weighted by Gasteiger charge is 2.36. The predicted molar refractivity (Wildman–Crippen MR) is 74.5 cm³/mol. The lowest BCUT2D eigenvalue weighted by Crippen LogP contribution is -2.46. The molecule has 0 aromatic carbocycles. The lowest BCUT2D eigenvalue weighted by molar-refractivity contribution is -0.145. The van der Waals surface area contributed by atoms with Gasteiger partial charge in [0.05, 0.1) is 7.11 Å². The van der Waals surface area contributed by atoms with Crippen LogP contribution >= 0.6 is 0 Å². The molecule has 110 valence electrons. The van der Waals surface area contributed by atoms with Crippen molar-refractivity contribution in [3.63, 3.8) is 0 Å². The molecule has 1 N–H and O–H groups in total. The topological polar surface area (TPSA) is 55.4 Å². The summed E-state index contributed by atoms with van der Waals surface area (Å²) in [5.41, 5.74) is 0. The largest absolute Gasteiger partial charge is 0.467 e. The van der Waals surface area contributed by atoms with Gasteiger partial charge < -0.3 is 10.1 Å². The summed E-state index contributed by atoms with van der Waals surface area (Å²) in [6.07, 6.45) is 3.11. The Morgan fingerprint density at radius 2 is 1.84 bits per heavy atom. The molecule has 1 rings (SSSR count). The van der Waals surface area contributed by atoms with Crippen molar-refractivity contribution in [2.75, 3.05) is 7.11 Å². The Balaban J connectivity index is 2.66. The van der Waals surface area contributed by atoms with Crippen LogP contribution < -0.4 is 5.32 Å². The summed E-state index contributed by atoms with van der Waals surface area (Å²) in [6, 6.07) is -0.565. The molecule has 0 radical (unpaired) electrons. The van der Waals surface area contributed by atoms with Crippen molar-refractivity contribution in [2.24, 2.45) is 23.7 Å². The first-order valence-electron chi connectivity index (χ1n) is 7.25. The molecule has 1 amide bonds. The zero-order valence-electron chi connectivity index (χ0n) is 12.7. The summed E-state index contributed by atoms with van der Waals surface area (Å²) in [7, 11) is 1.34. The third-order valence-corrected chi connectivity index (χ3v) is 4.27. The number of ether oxygens (including phenoxy) is 1. The van der Waals surface area contributed by atoms with Gasteiger partial charge >= 0.3 is 5.97 Å². The fourth-order valence-electron chi connectivity index (χ4n) is 3.04. The summed E-state index contributed by atoms with van der Waals surface area (Å²) in [5, 5.41) is 2.79. The molecule has 4 nitrogen and oxygen atoms in total. The molecule has 4 heteroatoms. The lowest BCUT2D eigenvalue weighted by atomic mass is 9.69.